The van der Waals surface area contributed by atoms with Gasteiger partial charge in [0.25, 0.3) is 16.6 Å². The van der Waals surface area contributed by atoms with Crippen LogP contribution in [0.5, 0.6) is 0 Å². The Morgan fingerprint density at radius 2 is 1.53 bits per heavy atom. The highest BCUT2D eigenvalue weighted by molar-refractivity contribution is 7.84. The largest absolute Gasteiger partial charge is 0.462 e. The summed E-state index contributed by atoms with van der Waals surface area (Å²) in [5.74, 6) is 0. The lowest BCUT2D eigenvalue weighted by Crippen LogP contribution is -2.32. The zero-order valence-corrected chi connectivity index (χ0v) is 11.9. The van der Waals surface area contributed by atoms with Gasteiger partial charge in [0.2, 0.25) is 0 Å². The molecular weight excluding hydrogens is 246 g/mol. The molecule has 0 bridgehead atoms. The first-order valence-corrected chi connectivity index (χ1v) is 6.98. The Kier molecular flexibility index (Phi) is 9.28. The summed E-state index contributed by atoms with van der Waals surface area (Å²) in [5.41, 5.74) is -0.318. The Balaban J connectivity index is 0. The molecular formula is C10H22NO5S. The van der Waals surface area contributed by atoms with Crippen molar-refractivity contribution in [1.29, 1.82) is 0 Å². The van der Waals surface area contributed by atoms with Gasteiger partial charge >= 0.3 is 0 Å². The van der Waals surface area contributed by atoms with Crippen LogP contribution in [-0.2, 0) is 24.2 Å². The van der Waals surface area contributed by atoms with Crippen molar-refractivity contribution >= 4 is 16.6 Å². The fraction of sp³-hybridized carbons (Fsp3) is 0.900. The SMILES string of the molecule is CC(C)(C)OC=O.CN1CCC1.CS([O])(=O)=O. The third kappa shape index (κ3) is 31.3. The molecule has 0 saturated carbocycles. The summed E-state index contributed by atoms with van der Waals surface area (Å²) in [4.78, 5) is 11.9. The molecule has 6 nitrogen and oxygen atoms in total. The fourth-order valence-electron chi connectivity index (χ4n) is 0.619. The van der Waals surface area contributed by atoms with Crippen LogP contribution in [0, 0.1) is 0 Å². The first-order valence-electron chi connectivity index (χ1n) is 5.16. The first kappa shape index (κ1) is 18.7. The number of rotatable bonds is 1. The average molecular weight is 268 g/mol. The molecule has 0 spiro atoms. The third-order valence-electron chi connectivity index (χ3n) is 1.48. The van der Waals surface area contributed by atoms with Crippen molar-refractivity contribution in [1.82, 2.24) is 4.90 Å². The maximum Gasteiger partial charge on any atom is 0.293 e. The minimum Gasteiger partial charge on any atom is -0.462 e. The summed E-state index contributed by atoms with van der Waals surface area (Å²) in [7, 11) is -1.77. The molecule has 0 aliphatic carbocycles. The maximum absolute atomic E-state index is 9.60. The standard InChI is InChI=1S/C5H10O2.C4H9N.CH3O3S/c1-5(2,3)7-4-6;1-5-3-2-4-5;1-5(2,3)4/h4H,1-3H3;2-4H2,1H3;1H3. The lowest BCUT2D eigenvalue weighted by atomic mass is 10.2. The van der Waals surface area contributed by atoms with Crippen LogP contribution in [0.25, 0.3) is 0 Å². The Labute approximate surface area is 104 Å². The van der Waals surface area contributed by atoms with Crippen molar-refractivity contribution in [3.05, 3.63) is 0 Å². The van der Waals surface area contributed by atoms with Crippen LogP contribution in [0.15, 0.2) is 0 Å². The van der Waals surface area contributed by atoms with Gasteiger partial charge in [-0.3, -0.25) is 4.79 Å². The van der Waals surface area contributed by atoms with Crippen LogP contribution >= 0.6 is 0 Å². The normalized spacial score (nSPS) is 15.4. The molecule has 1 fully saturated rings. The van der Waals surface area contributed by atoms with E-state index in [1.165, 1.54) is 19.5 Å². The molecule has 1 radical (unpaired) electrons. The van der Waals surface area contributed by atoms with Gasteiger partial charge in [0.1, 0.15) is 5.60 Å². The predicted molar refractivity (Wildman–Crippen MR) is 64.5 cm³/mol. The summed E-state index contributed by atoms with van der Waals surface area (Å²) in [6.07, 6.45) is 2.02. The Hall–Kier alpha value is -0.660. The highest BCUT2D eigenvalue weighted by Gasteiger charge is 2.07. The molecule has 17 heavy (non-hydrogen) atoms. The van der Waals surface area contributed by atoms with Crippen molar-refractivity contribution < 1.29 is 22.5 Å². The zero-order chi connectivity index (χ0) is 14.1. The van der Waals surface area contributed by atoms with E-state index in [9.17, 15) is 4.79 Å². The lowest BCUT2D eigenvalue weighted by molar-refractivity contribution is -0.138. The van der Waals surface area contributed by atoms with Gasteiger partial charge in [0, 0.05) is 0 Å². The van der Waals surface area contributed by atoms with Gasteiger partial charge in [0.15, 0.2) is 0 Å². The first-order chi connectivity index (χ1) is 7.45. The summed E-state index contributed by atoms with van der Waals surface area (Å²) in [6.45, 7) is 8.56. The number of hydrogen-bond donors (Lipinski definition) is 0. The molecule has 0 amide bonds. The summed E-state index contributed by atoms with van der Waals surface area (Å²) in [6, 6.07) is 0. The molecule has 0 unspecified atom stereocenters. The van der Waals surface area contributed by atoms with E-state index in [-0.39, 0.29) is 5.60 Å². The van der Waals surface area contributed by atoms with E-state index in [4.69, 9.17) is 13.0 Å². The van der Waals surface area contributed by atoms with Crippen LogP contribution in [0.4, 0.5) is 0 Å². The van der Waals surface area contributed by atoms with Crippen LogP contribution in [0.1, 0.15) is 27.2 Å². The minimum absolute atomic E-state index is 0.318. The molecule has 7 heteroatoms. The highest BCUT2D eigenvalue weighted by Crippen LogP contribution is 2.02. The van der Waals surface area contributed by atoms with Crippen molar-refractivity contribution in [3.8, 4) is 0 Å². The molecule has 1 aliphatic heterocycles. The van der Waals surface area contributed by atoms with E-state index in [0.717, 1.165) is 0 Å². The molecule has 0 N–H and O–H groups in total. The highest BCUT2D eigenvalue weighted by atomic mass is 32.2. The van der Waals surface area contributed by atoms with Crippen LogP contribution in [0.3, 0.4) is 0 Å². The van der Waals surface area contributed by atoms with Gasteiger partial charge in [0.05, 0.1) is 6.26 Å². The maximum atomic E-state index is 9.60. The van der Waals surface area contributed by atoms with Gasteiger partial charge in [-0.1, -0.05) is 4.55 Å². The second-order valence-corrected chi connectivity index (χ2v) is 6.10. The van der Waals surface area contributed by atoms with Gasteiger partial charge < -0.3 is 9.64 Å². The molecule has 103 valence electrons. The molecule has 0 aromatic carbocycles. The number of likely N-dealkylation sites (tertiary alicyclic amines) is 1. The Morgan fingerprint density at radius 1 is 1.24 bits per heavy atom. The van der Waals surface area contributed by atoms with E-state index in [2.05, 4.69) is 16.7 Å². The summed E-state index contributed by atoms with van der Waals surface area (Å²) < 4.78 is 31.8. The Morgan fingerprint density at radius 3 is 1.53 bits per heavy atom. The quantitative estimate of drug-likeness (QED) is 0.652. The van der Waals surface area contributed by atoms with E-state index in [0.29, 0.717) is 12.7 Å². The number of carbonyl (C=O) groups is 1. The van der Waals surface area contributed by atoms with Crippen molar-refractivity contribution in [3.63, 3.8) is 0 Å². The van der Waals surface area contributed by atoms with E-state index < -0.39 is 10.1 Å². The monoisotopic (exact) mass is 268 g/mol. The van der Waals surface area contributed by atoms with Gasteiger partial charge in [-0.2, -0.15) is 8.42 Å². The van der Waals surface area contributed by atoms with Crippen LogP contribution < -0.4 is 0 Å². The average Bonchev–Trinajstić information content (AvgIpc) is 1.96. The molecule has 0 atom stereocenters. The fourth-order valence-corrected chi connectivity index (χ4v) is 0.619. The summed E-state index contributed by atoms with van der Waals surface area (Å²) >= 11 is 0. The van der Waals surface area contributed by atoms with Crippen LogP contribution in [0.2, 0.25) is 0 Å². The molecule has 1 rings (SSSR count). The van der Waals surface area contributed by atoms with Crippen molar-refractivity contribution in [2.75, 3.05) is 26.4 Å². The summed E-state index contributed by atoms with van der Waals surface area (Å²) in [5, 5.41) is 0. The second-order valence-electron chi connectivity index (χ2n) is 4.69. The molecule has 0 aromatic heterocycles. The van der Waals surface area contributed by atoms with Gasteiger partial charge in [-0.25, -0.2) is 0 Å². The number of nitrogens with zero attached hydrogens (tertiary/aromatic N) is 1. The lowest BCUT2D eigenvalue weighted by Gasteiger charge is -2.24. The van der Waals surface area contributed by atoms with E-state index >= 15 is 0 Å². The van der Waals surface area contributed by atoms with Crippen molar-refractivity contribution in [2.45, 2.75) is 32.8 Å². The third-order valence-corrected chi connectivity index (χ3v) is 1.48. The second kappa shape index (κ2) is 8.43. The van der Waals surface area contributed by atoms with E-state index in [1.54, 1.807) is 0 Å². The van der Waals surface area contributed by atoms with Crippen LogP contribution in [-0.4, -0.2) is 51.8 Å². The van der Waals surface area contributed by atoms with E-state index in [1.807, 2.05) is 20.8 Å². The van der Waals surface area contributed by atoms with Crippen molar-refractivity contribution in [2.24, 2.45) is 0 Å². The predicted octanol–water partition coefficient (Wildman–Crippen LogP) is 0.656. The topological polar surface area (TPSA) is 83.6 Å². The smallest absolute Gasteiger partial charge is 0.293 e. The Bertz CT molecular complexity index is 282. The number of carbonyl (C=O) groups excluding carboxylic acids is 1. The molecule has 0 aromatic rings. The van der Waals surface area contributed by atoms with Gasteiger partial charge in [-0.05, 0) is 47.3 Å². The zero-order valence-electron chi connectivity index (χ0n) is 11.1. The minimum atomic E-state index is -3.92. The number of ether oxygens (including phenoxy) is 1. The molecule has 1 saturated heterocycles. The molecule has 1 heterocycles. The van der Waals surface area contributed by atoms with Gasteiger partial charge in [-0.15, -0.1) is 0 Å². The number of hydrogen-bond acceptors (Lipinski definition) is 5. The molecule has 1 aliphatic rings.